The van der Waals surface area contributed by atoms with Crippen molar-refractivity contribution in [1.82, 2.24) is 39.0 Å². The Morgan fingerprint density at radius 3 is 1.43 bits per heavy atom. The normalized spacial score (nSPS) is 30.1. The summed E-state index contributed by atoms with van der Waals surface area (Å²) in [6.45, 7) is -0.894. The van der Waals surface area contributed by atoms with E-state index >= 15 is 0 Å². The van der Waals surface area contributed by atoms with Crippen LogP contribution in [0.2, 0.25) is 0 Å². The topological polar surface area (TPSA) is 319 Å². The Morgan fingerprint density at radius 2 is 1.10 bits per heavy atom. The first-order valence-corrected chi connectivity index (χ1v) is 11.7. The lowest BCUT2D eigenvalue weighted by Crippen LogP contribution is -2.33. The van der Waals surface area contributed by atoms with E-state index in [1.165, 1.54) is 21.8 Å². The highest BCUT2D eigenvalue weighted by Gasteiger charge is 2.45. The Hall–Kier alpha value is -4.02. The third kappa shape index (κ3) is 4.56. The molecule has 20 heteroatoms. The molecule has 0 aromatic carbocycles. The standard InChI is InChI=1S/2C10H13N5O5/c2*11-10-13-7-4(8(19)14-10)12-2-15(7)9-6(18)5(17)3(1-16)20-9/h2*2-3,5-6,9,16-18H,1H2,(H3,11,13,14,19)/t2*3-,5-,6-,9-/m11/s1. The minimum absolute atomic E-state index is 0.0388. The Kier molecular flexibility index (Phi) is 7.24. The quantitative estimate of drug-likeness (QED) is 0.110. The molecule has 0 unspecified atom stereocenters. The van der Waals surface area contributed by atoms with Crippen molar-refractivity contribution in [3.8, 4) is 0 Å². The van der Waals surface area contributed by atoms with Crippen LogP contribution in [0.3, 0.4) is 0 Å². The lowest BCUT2D eigenvalue weighted by atomic mass is 10.1. The van der Waals surface area contributed by atoms with Gasteiger partial charge in [0.05, 0.1) is 25.9 Å². The summed E-state index contributed by atoms with van der Waals surface area (Å²) < 4.78 is 13.3. The van der Waals surface area contributed by atoms with Gasteiger partial charge in [-0.15, -0.1) is 0 Å². The third-order valence-electron chi connectivity index (χ3n) is 6.48. The highest BCUT2D eigenvalue weighted by Crippen LogP contribution is 2.32. The largest absolute Gasteiger partial charge is 0.394 e. The van der Waals surface area contributed by atoms with Crippen LogP contribution in [0.25, 0.3) is 22.3 Å². The van der Waals surface area contributed by atoms with Crippen molar-refractivity contribution in [2.24, 2.45) is 0 Å². The number of rotatable bonds is 4. The van der Waals surface area contributed by atoms with Crippen molar-refractivity contribution < 1.29 is 40.1 Å². The van der Waals surface area contributed by atoms with E-state index in [4.69, 9.17) is 31.2 Å². The predicted molar refractivity (Wildman–Crippen MR) is 131 cm³/mol. The summed E-state index contributed by atoms with van der Waals surface area (Å²) in [5.41, 5.74) is 10.2. The molecule has 6 heterocycles. The summed E-state index contributed by atoms with van der Waals surface area (Å²) in [5.74, 6) is -0.202. The highest BCUT2D eigenvalue weighted by molar-refractivity contribution is 5.71. The van der Waals surface area contributed by atoms with E-state index in [1.54, 1.807) is 0 Å². The van der Waals surface area contributed by atoms with Gasteiger partial charge < -0.3 is 51.6 Å². The van der Waals surface area contributed by atoms with Crippen molar-refractivity contribution in [2.45, 2.75) is 49.1 Å². The molecular weight excluding hydrogens is 540 g/mol. The number of aromatic nitrogens is 8. The maximum absolute atomic E-state index is 11.7. The number of nitrogens with two attached hydrogens (primary N) is 2. The first-order chi connectivity index (χ1) is 19.0. The van der Waals surface area contributed by atoms with Gasteiger partial charge in [-0.05, 0) is 0 Å². The molecule has 0 aliphatic carbocycles. The molecule has 20 nitrogen and oxygen atoms in total. The molecule has 8 atom stereocenters. The number of aromatic amines is 2. The number of ether oxygens (including phenoxy) is 2. The molecule has 0 saturated carbocycles. The van der Waals surface area contributed by atoms with Crippen LogP contribution < -0.4 is 22.6 Å². The average molecular weight is 566 g/mol. The fraction of sp³-hybridized carbons (Fsp3) is 0.500. The second-order valence-electron chi connectivity index (χ2n) is 9.01. The number of nitrogens with one attached hydrogen (secondary N) is 2. The molecule has 4 aromatic heterocycles. The molecule has 2 fully saturated rings. The van der Waals surface area contributed by atoms with Gasteiger partial charge in [0.2, 0.25) is 11.9 Å². The number of nitrogens with zero attached hydrogens (tertiary/aromatic N) is 6. The van der Waals surface area contributed by atoms with Gasteiger partial charge in [-0.25, -0.2) is 9.97 Å². The minimum atomic E-state index is -1.29. The van der Waals surface area contributed by atoms with E-state index in [0.29, 0.717) is 0 Å². The van der Waals surface area contributed by atoms with Crippen molar-refractivity contribution >= 4 is 34.2 Å². The van der Waals surface area contributed by atoms with Gasteiger partial charge in [-0.3, -0.25) is 28.7 Å². The molecule has 4 aromatic rings. The van der Waals surface area contributed by atoms with Crippen molar-refractivity contribution in [1.29, 1.82) is 0 Å². The van der Waals surface area contributed by atoms with E-state index in [9.17, 15) is 30.0 Å². The number of H-pyrrole nitrogens is 2. The molecule has 2 aliphatic rings. The van der Waals surface area contributed by atoms with Gasteiger partial charge in [0, 0.05) is 0 Å². The summed E-state index contributed by atoms with van der Waals surface area (Å²) in [6.07, 6.45) is -6.43. The third-order valence-corrected chi connectivity index (χ3v) is 6.48. The van der Waals surface area contributed by atoms with Crippen LogP contribution in [-0.2, 0) is 9.47 Å². The summed E-state index contributed by atoms with van der Waals surface area (Å²) in [6, 6.07) is 0. The SMILES string of the molecule is Nc1nc2c(ncn2[C@@H]2O[C@H](CO)[C@@H](O)[C@H]2O)c(=O)[nH]1.Nc1nc2c(ncn2[C@@H]2O[C@H](CO)[C@@H](O)[C@H]2O)c(=O)[nH]1. The lowest BCUT2D eigenvalue weighted by Gasteiger charge is -2.16. The van der Waals surface area contributed by atoms with E-state index in [-0.39, 0.29) is 34.2 Å². The van der Waals surface area contributed by atoms with Crippen LogP contribution in [0.4, 0.5) is 11.9 Å². The number of aliphatic hydroxyl groups excluding tert-OH is 6. The fourth-order valence-corrected chi connectivity index (χ4v) is 4.48. The summed E-state index contributed by atoms with van der Waals surface area (Å²) >= 11 is 0. The van der Waals surface area contributed by atoms with Crippen molar-refractivity contribution in [3.63, 3.8) is 0 Å². The molecular formula is C20H26N10O10. The summed E-state index contributed by atoms with van der Waals surface area (Å²) in [4.78, 5) is 43.5. The van der Waals surface area contributed by atoms with Crippen molar-refractivity contribution in [2.75, 3.05) is 24.7 Å². The zero-order valence-electron chi connectivity index (χ0n) is 20.3. The van der Waals surface area contributed by atoms with Gasteiger partial charge in [0.25, 0.3) is 11.1 Å². The zero-order valence-corrected chi connectivity index (χ0v) is 20.3. The zero-order chi connectivity index (χ0) is 28.9. The Morgan fingerprint density at radius 1 is 0.725 bits per heavy atom. The average Bonchev–Trinajstić information content (AvgIpc) is 3.66. The lowest BCUT2D eigenvalue weighted by molar-refractivity contribution is -0.0511. The van der Waals surface area contributed by atoms with Crippen LogP contribution in [0.15, 0.2) is 22.2 Å². The van der Waals surface area contributed by atoms with Crippen molar-refractivity contribution in [3.05, 3.63) is 33.4 Å². The van der Waals surface area contributed by atoms with Crippen LogP contribution in [0, 0.1) is 0 Å². The van der Waals surface area contributed by atoms with Gasteiger partial charge in [0.1, 0.15) is 36.6 Å². The van der Waals surface area contributed by atoms with E-state index in [2.05, 4.69) is 29.9 Å². The number of fused-ring (bicyclic) bond motifs is 2. The number of hydrogen-bond acceptors (Lipinski definition) is 16. The Balaban J connectivity index is 0.000000161. The number of hydrogen-bond donors (Lipinski definition) is 10. The van der Waals surface area contributed by atoms with Gasteiger partial charge in [-0.1, -0.05) is 0 Å². The molecule has 216 valence electrons. The van der Waals surface area contributed by atoms with Crippen LogP contribution in [-0.4, -0.2) is 120 Å². The first kappa shape index (κ1) is 27.5. The molecule has 0 bridgehead atoms. The number of imidazole rings is 2. The van der Waals surface area contributed by atoms with E-state index in [0.717, 1.165) is 0 Å². The number of nitrogen functional groups attached to an aromatic ring is 2. The molecule has 0 amide bonds. The van der Waals surface area contributed by atoms with Crippen LogP contribution in [0.5, 0.6) is 0 Å². The Bertz CT molecular complexity index is 1510. The van der Waals surface area contributed by atoms with Crippen LogP contribution >= 0.6 is 0 Å². The van der Waals surface area contributed by atoms with E-state index in [1.807, 2.05) is 0 Å². The molecule has 6 rings (SSSR count). The van der Waals surface area contributed by atoms with Gasteiger partial charge in [-0.2, -0.15) is 9.97 Å². The predicted octanol–water partition coefficient (Wildman–Crippen LogP) is -5.37. The highest BCUT2D eigenvalue weighted by atomic mass is 16.6. The Labute approximate surface area is 221 Å². The minimum Gasteiger partial charge on any atom is -0.394 e. The van der Waals surface area contributed by atoms with E-state index < -0.39 is 73.4 Å². The second kappa shape index (κ2) is 10.5. The smallest absolute Gasteiger partial charge is 0.280 e. The van der Waals surface area contributed by atoms with Crippen LogP contribution in [0.1, 0.15) is 12.5 Å². The summed E-state index contributed by atoms with van der Waals surface area (Å²) in [5, 5.41) is 57.5. The fourth-order valence-electron chi connectivity index (χ4n) is 4.48. The molecule has 12 N–H and O–H groups in total. The first-order valence-electron chi connectivity index (χ1n) is 11.7. The molecule has 40 heavy (non-hydrogen) atoms. The summed E-state index contributed by atoms with van der Waals surface area (Å²) in [7, 11) is 0. The number of anilines is 2. The maximum atomic E-state index is 11.7. The van der Waals surface area contributed by atoms with Gasteiger partial charge in [0.15, 0.2) is 34.8 Å². The molecule has 2 aliphatic heterocycles. The monoisotopic (exact) mass is 566 g/mol. The number of aliphatic hydroxyl groups is 6. The molecule has 2 saturated heterocycles. The molecule has 0 spiro atoms. The van der Waals surface area contributed by atoms with Gasteiger partial charge >= 0.3 is 0 Å². The second-order valence-corrected chi connectivity index (χ2v) is 9.01. The maximum Gasteiger partial charge on any atom is 0.280 e. The molecule has 0 radical (unpaired) electrons.